The molecule has 7 heteroatoms. The lowest BCUT2D eigenvalue weighted by atomic mass is 10.1. The monoisotopic (exact) mass is 352 g/mol. The van der Waals surface area contributed by atoms with Gasteiger partial charge in [-0.15, -0.1) is 0 Å². The second-order valence-corrected chi connectivity index (χ2v) is 4.10. The molecule has 1 aromatic heterocycles. The Morgan fingerprint density at radius 3 is 2.82 bits per heavy atom. The zero-order chi connectivity index (χ0) is 13.0. The lowest BCUT2D eigenvalue weighted by Gasteiger charge is -2.10. The van der Waals surface area contributed by atoms with Gasteiger partial charge in [0.2, 0.25) is 0 Å². The number of pyridine rings is 1. The fourth-order valence-corrected chi connectivity index (χ4v) is 2.06. The first-order valence-electron chi connectivity index (χ1n) is 4.43. The molecule has 0 spiro atoms. The summed E-state index contributed by atoms with van der Waals surface area (Å²) in [5.41, 5.74) is -0.327. The van der Waals surface area contributed by atoms with Gasteiger partial charge < -0.3 is 4.74 Å². The highest BCUT2D eigenvalue weighted by Gasteiger charge is 2.22. The fourth-order valence-electron chi connectivity index (χ4n) is 1.22. The molecule has 17 heavy (non-hydrogen) atoms. The number of rotatable bonds is 3. The molecule has 1 aromatic rings. The van der Waals surface area contributed by atoms with Crippen LogP contribution in [0, 0.1) is 14.9 Å². The lowest BCUT2D eigenvalue weighted by Crippen LogP contribution is -2.10. The van der Waals surface area contributed by atoms with Crippen LogP contribution < -0.4 is 0 Å². The molecule has 0 aliphatic carbocycles. The molecule has 0 atom stereocenters. The molecule has 0 bridgehead atoms. The van der Waals surface area contributed by atoms with E-state index in [4.69, 9.17) is 5.26 Å². The maximum absolute atomic E-state index is 12.9. The normalized spacial score (nSPS) is 10.1. The lowest BCUT2D eigenvalue weighted by molar-refractivity contribution is -0.139. The predicted molar refractivity (Wildman–Crippen MR) is 62.3 cm³/mol. The Morgan fingerprint density at radius 1 is 1.71 bits per heavy atom. The Kier molecular flexibility index (Phi) is 4.74. The maximum atomic E-state index is 12.9. The van der Waals surface area contributed by atoms with Crippen LogP contribution in [-0.2, 0) is 16.0 Å². The summed E-state index contributed by atoms with van der Waals surface area (Å²) in [4.78, 5) is 14.8. The van der Waals surface area contributed by atoms with E-state index in [1.165, 1.54) is 7.11 Å². The molecule has 0 N–H and O–H groups in total. The molecule has 0 unspecified atom stereocenters. The van der Waals surface area contributed by atoms with Crippen LogP contribution in [0.2, 0.25) is 0 Å². The van der Waals surface area contributed by atoms with Gasteiger partial charge in [0.1, 0.15) is 6.07 Å². The zero-order valence-electron chi connectivity index (χ0n) is 8.71. The van der Waals surface area contributed by atoms with E-state index < -0.39 is 12.4 Å². The van der Waals surface area contributed by atoms with Crippen molar-refractivity contribution in [2.75, 3.05) is 7.11 Å². The van der Waals surface area contributed by atoms with Crippen LogP contribution in [0.3, 0.4) is 0 Å². The van der Waals surface area contributed by atoms with Gasteiger partial charge in [0.25, 0.3) is 6.43 Å². The first-order chi connectivity index (χ1) is 8.01. The van der Waals surface area contributed by atoms with Gasteiger partial charge in [0.05, 0.1) is 17.1 Å². The van der Waals surface area contributed by atoms with Crippen molar-refractivity contribution in [3.8, 4) is 6.07 Å². The molecule has 0 fully saturated rings. The van der Waals surface area contributed by atoms with E-state index >= 15 is 0 Å². The van der Waals surface area contributed by atoms with Crippen LogP contribution in [0.15, 0.2) is 6.20 Å². The molecule has 0 amide bonds. The summed E-state index contributed by atoms with van der Waals surface area (Å²) < 4.78 is 30.2. The minimum atomic E-state index is -2.77. The summed E-state index contributed by atoms with van der Waals surface area (Å²) in [6, 6.07) is 1.72. The van der Waals surface area contributed by atoms with E-state index in [0.29, 0.717) is 0 Å². The van der Waals surface area contributed by atoms with Crippen molar-refractivity contribution < 1.29 is 18.3 Å². The van der Waals surface area contributed by atoms with E-state index in [1.807, 2.05) is 0 Å². The largest absolute Gasteiger partial charge is 0.469 e. The van der Waals surface area contributed by atoms with Crippen LogP contribution in [0.25, 0.3) is 0 Å². The molecule has 1 rings (SSSR count). The van der Waals surface area contributed by atoms with Crippen LogP contribution in [0.1, 0.15) is 23.2 Å². The molecule has 4 nitrogen and oxygen atoms in total. The second kappa shape index (κ2) is 5.86. The second-order valence-electron chi connectivity index (χ2n) is 3.03. The standard InChI is InChI=1S/C10H7F2IN2O2/c1-17-7(16)2-5-4-15-6(3-14)9(13)8(5)10(11)12/h4,10H,2H2,1H3. The van der Waals surface area contributed by atoms with E-state index in [0.717, 1.165) is 6.20 Å². The first-order valence-corrected chi connectivity index (χ1v) is 5.51. The van der Waals surface area contributed by atoms with Gasteiger partial charge in [-0.3, -0.25) is 4.79 Å². The van der Waals surface area contributed by atoms with Crippen molar-refractivity contribution in [3.05, 3.63) is 26.6 Å². The zero-order valence-corrected chi connectivity index (χ0v) is 10.9. The Hall–Kier alpha value is -1.30. The Morgan fingerprint density at radius 2 is 2.35 bits per heavy atom. The number of nitriles is 1. The molecular formula is C10H7F2IN2O2. The minimum absolute atomic E-state index is 0.0708. The topological polar surface area (TPSA) is 63.0 Å². The number of halogens is 3. The summed E-state index contributed by atoms with van der Waals surface area (Å²) in [5.74, 6) is -0.630. The SMILES string of the molecule is COC(=O)Cc1cnc(C#N)c(I)c1C(F)F. The fraction of sp³-hybridized carbons (Fsp3) is 0.300. The van der Waals surface area contributed by atoms with E-state index in [-0.39, 0.29) is 26.8 Å². The first kappa shape index (κ1) is 13.8. The number of nitrogens with zero attached hydrogens (tertiary/aromatic N) is 2. The van der Waals surface area contributed by atoms with Crippen LogP contribution in [0.5, 0.6) is 0 Å². The number of methoxy groups -OCH3 is 1. The third-order valence-corrected chi connectivity index (χ3v) is 3.12. The van der Waals surface area contributed by atoms with Gasteiger partial charge in [-0.25, -0.2) is 13.8 Å². The Bertz CT molecular complexity index is 486. The molecule has 0 saturated heterocycles. The predicted octanol–water partition coefficient (Wildman–Crippen LogP) is 2.21. The number of ether oxygens (including phenoxy) is 1. The molecule has 0 radical (unpaired) electrons. The van der Waals surface area contributed by atoms with Crippen molar-refractivity contribution in [3.63, 3.8) is 0 Å². The van der Waals surface area contributed by atoms with Gasteiger partial charge in [-0.1, -0.05) is 0 Å². The smallest absolute Gasteiger partial charge is 0.310 e. The van der Waals surface area contributed by atoms with Crippen molar-refractivity contribution in [1.82, 2.24) is 4.98 Å². The summed E-state index contributed by atoms with van der Waals surface area (Å²) in [6.07, 6.45) is -1.94. The third kappa shape index (κ3) is 3.09. The van der Waals surface area contributed by atoms with Crippen molar-refractivity contribution in [2.45, 2.75) is 12.8 Å². The van der Waals surface area contributed by atoms with Gasteiger partial charge in [-0.2, -0.15) is 5.26 Å². The minimum Gasteiger partial charge on any atom is -0.469 e. The number of hydrogen-bond donors (Lipinski definition) is 0. The number of carbonyl (C=O) groups is 1. The van der Waals surface area contributed by atoms with Gasteiger partial charge in [0, 0.05) is 11.8 Å². The number of aromatic nitrogens is 1. The van der Waals surface area contributed by atoms with Crippen LogP contribution >= 0.6 is 22.6 Å². The average molecular weight is 352 g/mol. The molecule has 90 valence electrons. The third-order valence-electron chi connectivity index (χ3n) is 2.03. The number of carbonyl (C=O) groups excluding carboxylic acids is 1. The quantitative estimate of drug-likeness (QED) is 0.618. The maximum Gasteiger partial charge on any atom is 0.310 e. The van der Waals surface area contributed by atoms with E-state index in [9.17, 15) is 13.6 Å². The highest BCUT2D eigenvalue weighted by molar-refractivity contribution is 14.1. The summed E-state index contributed by atoms with van der Waals surface area (Å²) in [5, 5.41) is 8.69. The summed E-state index contributed by atoms with van der Waals surface area (Å²) >= 11 is 1.62. The van der Waals surface area contributed by atoms with Crippen molar-refractivity contribution >= 4 is 28.6 Å². The number of alkyl halides is 2. The van der Waals surface area contributed by atoms with E-state index in [1.54, 1.807) is 28.7 Å². The summed E-state index contributed by atoms with van der Waals surface area (Å²) in [6.45, 7) is 0. The highest BCUT2D eigenvalue weighted by Crippen LogP contribution is 2.29. The highest BCUT2D eigenvalue weighted by atomic mass is 127. The molecule has 0 aromatic carbocycles. The molecule has 0 aliphatic heterocycles. The Balaban J connectivity index is 3.27. The Labute approximate surface area is 110 Å². The van der Waals surface area contributed by atoms with Crippen LogP contribution in [-0.4, -0.2) is 18.1 Å². The van der Waals surface area contributed by atoms with E-state index in [2.05, 4.69) is 9.72 Å². The van der Waals surface area contributed by atoms with Crippen molar-refractivity contribution in [1.29, 1.82) is 5.26 Å². The van der Waals surface area contributed by atoms with Gasteiger partial charge in [-0.05, 0) is 28.2 Å². The molecular weight excluding hydrogens is 345 g/mol. The molecule has 1 heterocycles. The number of hydrogen-bond acceptors (Lipinski definition) is 4. The molecule has 0 aliphatic rings. The summed E-state index contributed by atoms with van der Waals surface area (Å²) in [7, 11) is 1.17. The molecule has 0 saturated carbocycles. The van der Waals surface area contributed by atoms with Gasteiger partial charge >= 0.3 is 5.97 Å². The van der Waals surface area contributed by atoms with Gasteiger partial charge in [0.15, 0.2) is 5.69 Å². The van der Waals surface area contributed by atoms with Crippen molar-refractivity contribution in [2.24, 2.45) is 0 Å². The average Bonchev–Trinajstić information content (AvgIpc) is 2.28. The van der Waals surface area contributed by atoms with Crippen LogP contribution in [0.4, 0.5) is 8.78 Å². The number of esters is 1.